The van der Waals surface area contributed by atoms with Crippen molar-refractivity contribution < 1.29 is 8.42 Å². The van der Waals surface area contributed by atoms with Gasteiger partial charge < -0.3 is 15.5 Å². The number of piperazine rings is 1. The molecular weight excluding hydrogens is 386 g/mol. The minimum atomic E-state index is -3.72. The predicted octanol–water partition coefficient (Wildman–Crippen LogP) is 1.62. The van der Waals surface area contributed by atoms with Gasteiger partial charge >= 0.3 is 0 Å². The van der Waals surface area contributed by atoms with Gasteiger partial charge in [-0.05, 0) is 42.0 Å². The largest absolute Gasteiger partial charge is 0.370 e. The SMILES string of the molecule is NC(=NCc1cccc(S(N)(=O)=O)c1)N1CCN(c2ccc(Cl)cc2)CC1. The smallest absolute Gasteiger partial charge is 0.238 e. The molecule has 0 aromatic heterocycles. The zero-order chi connectivity index (χ0) is 19.4. The van der Waals surface area contributed by atoms with Gasteiger partial charge in [0.25, 0.3) is 0 Å². The summed E-state index contributed by atoms with van der Waals surface area (Å²) in [6.45, 7) is 3.48. The lowest BCUT2D eigenvalue weighted by Gasteiger charge is -2.36. The van der Waals surface area contributed by atoms with Crippen molar-refractivity contribution >= 4 is 33.3 Å². The second-order valence-electron chi connectivity index (χ2n) is 6.32. The number of hydrogen-bond acceptors (Lipinski definition) is 4. The number of rotatable bonds is 4. The summed E-state index contributed by atoms with van der Waals surface area (Å²) in [6.07, 6.45) is 0. The van der Waals surface area contributed by atoms with E-state index in [1.165, 1.54) is 12.1 Å². The average Bonchev–Trinajstić information content (AvgIpc) is 2.66. The van der Waals surface area contributed by atoms with Crippen LogP contribution < -0.4 is 15.8 Å². The monoisotopic (exact) mass is 407 g/mol. The van der Waals surface area contributed by atoms with Gasteiger partial charge in [-0.2, -0.15) is 0 Å². The van der Waals surface area contributed by atoms with Crippen molar-refractivity contribution in [3.63, 3.8) is 0 Å². The first-order chi connectivity index (χ1) is 12.8. The molecular formula is C18H22ClN5O2S. The Morgan fingerprint density at radius 3 is 2.37 bits per heavy atom. The van der Waals surface area contributed by atoms with Crippen molar-refractivity contribution in [1.82, 2.24) is 4.90 Å². The van der Waals surface area contributed by atoms with E-state index >= 15 is 0 Å². The highest BCUT2D eigenvalue weighted by Crippen LogP contribution is 2.19. The summed E-state index contributed by atoms with van der Waals surface area (Å²) in [5.74, 6) is 0.451. The molecule has 0 amide bonds. The summed E-state index contributed by atoms with van der Waals surface area (Å²) < 4.78 is 22.9. The predicted molar refractivity (Wildman–Crippen MR) is 108 cm³/mol. The van der Waals surface area contributed by atoms with Crippen LogP contribution in [0.3, 0.4) is 0 Å². The Labute approximate surface area is 164 Å². The fourth-order valence-electron chi connectivity index (χ4n) is 2.94. The number of nitrogens with two attached hydrogens (primary N) is 2. The lowest BCUT2D eigenvalue weighted by molar-refractivity contribution is 0.380. The zero-order valence-electron chi connectivity index (χ0n) is 14.8. The quantitative estimate of drug-likeness (QED) is 0.592. The fraction of sp³-hybridized carbons (Fsp3) is 0.278. The minimum absolute atomic E-state index is 0.0744. The van der Waals surface area contributed by atoms with Gasteiger partial charge in [-0.15, -0.1) is 0 Å². The van der Waals surface area contributed by atoms with Gasteiger partial charge in [0.1, 0.15) is 0 Å². The Morgan fingerprint density at radius 1 is 1.07 bits per heavy atom. The summed E-state index contributed by atoms with van der Waals surface area (Å²) in [5, 5.41) is 5.88. The highest BCUT2D eigenvalue weighted by atomic mass is 35.5. The second kappa shape index (κ2) is 8.16. The molecule has 0 saturated carbocycles. The summed E-state index contributed by atoms with van der Waals surface area (Å²) in [5.41, 5.74) is 7.99. The molecule has 7 nitrogen and oxygen atoms in total. The molecule has 2 aromatic carbocycles. The second-order valence-corrected chi connectivity index (χ2v) is 8.32. The van der Waals surface area contributed by atoms with Crippen LogP contribution in [0, 0.1) is 0 Å². The fourth-order valence-corrected chi connectivity index (χ4v) is 3.65. The molecule has 27 heavy (non-hydrogen) atoms. The van der Waals surface area contributed by atoms with Crippen molar-refractivity contribution in [2.45, 2.75) is 11.4 Å². The van der Waals surface area contributed by atoms with Crippen LogP contribution in [0.2, 0.25) is 5.02 Å². The molecule has 144 valence electrons. The van der Waals surface area contributed by atoms with Gasteiger partial charge in [-0.25, -0.2) is 18.5 Å². The van der Waals surface area contributed by atoms with E-state index in [0.29, 0.717) is 12.5 Å². The van der Waals surface area contributed by atoms with Gasteiger partial charge in [-0.3, -0.25) is 0 Å². The minimum Gasteiger partial charge on any atom is -0.370 e. The topological polar surface area (TPSA) is 105 Å². The molecule has 1 heterocycles. The van der Waals surface area contributed by atoms with Crippen LogP contribution in [-0.2, 0) is 16.6 Å². The van der Waals surface area contributed by atoms with Crippen molar-refractivity contribution in [3.8, 4) is 0 Å². The first kappa shape index (κ1) is 19.5. The Balaban J connectivity index is 1.59. The van der Waals surface area contributed by atoms with E-state index in [0.717, 1.165) is 42.5 Å². The summed E-state index contributed by atoms with van der Waals surface area (Å²) in [6, 6.07) is 14.2. The van der Waals surface area contributed by atoms with Crippen molar-refractivity contribution in [2.24, 2.45) is 15.9 Å². The summed E-state index contributed by atoms with van der Waals surface area (Å²) in [4.78, 5) is 8.77. The summed E-state index contributed by atoms with van der Waals surface area (Å²) in [7, 11) is -3.72. The third-order valence-corrected chi connectivity index (χ3v) is 5.61. The van der Waals surface area contributed by atoms with Gasteiger partial charge in [-0.1, -0.05) is 23.7 Å². The van der Waals surface area contributed by atoms with E-state index in [4.69, 9.17) is 22.5 Å². The number of sulfonamides is 1. The van der Waals surface area contributed by atoms with Crippen LogP contribution in [0.4, 0.5) is 5.69 Å². The Kier molecular flexibility index (Phi) is 5.88. The molecule has 4 N–H and O–H groups in total. The number of nitrogens with zero attached hydrogens (tertiary/aromatic N) is 3. The molecule has 1 fully saturated rings. The maximum atomic E-state index is 11.4. The third kappa shape index (κ3) is 5.12. The van der Waals surface area contributed by atoms with E-state index in [9.17, 15) is 8.42 Å². The van der Waals surface area contributed by atoms with E-state index in [2.05, 4.69) is 9.89 Å². The molecule has 1 saturated heterocycles. The molecule has 0 atom stereocenters. The van der Waals surface area contributed by atoms with Crippen LogP contribution in [0.5, 0.6) is 0 Å². The van der Waals surface area contributed by atoms with Gasteiger partial charge in [0.05, 0.1) is 11.4 Å². The van der Waals surface area contributed by atoms with E-state index in [1.54, 1.807) is 12.1 Å². The molecule has 1 aliphatic heterocycles. The first-order valence-electron chi connectivity index (χ1n) is 8.50. The van der Waals surface area contributed by atoms with Gasteiger partial charge in [0.2, 0.25) is 10.0 Å². The molecule has 0 unspecified atom stereocenters. The third-order valence-electron chi connectivity index (χ3n) is 4.45. The lowest BCUT2D eigenvalue weighted by Crippen LogP contribution is -2.51. The molecule has 0 spiro atoms. The normalized spacial score (nSPS) is 15.9. The number of halogens is 1. The van der Waals surface area contributed by atoms with Gasteiger partial charge in [0.15, 0.2) is 5.96 Å². The number of benzene rings is 2. The molecule has 2 aromatic rings. The number of primary sulfonamides is 1. The highest BCUT2D eigenvalue weighted by molar-refractivity contribution is 7.89. The van der Waals surface area contributed by atoms with Crippen molar-refractivity contribution in [2.75, 3.05) is 31.1 Å². The van der Waals surface area contributed by atoms with E-state index in [-0.39, 0.29) is 4.90 Å². The van der Waals surface area contributed by atoms with E-state index < -0.39 is 10.0 Å². The Bertz CT molecular complexity index is 923. The van der Waals surface area contributed by atoms with Crippen molar-refractivity contribution in [1.29, 1.82) is 0 Å². The maximum Gasteiger partial charge on any atom is 0.238 e. The first-order valence-corrected chi connectivity index (χ1v) is 10.4. The standard InChI is InChI=1S/C18H22ClN5O2S/c19-15-4-6-16(7-5-15)23-8-10-24(11-9-23)18(20)22-13-14-2-1-3-17(12-14)27(21,25)26/h1-7,12H,8-11,13H2,(H2,20,22)(H2,21,25,26). The van der Waals surface area contributed by atoms with Crippen LogP contribution >= 0.6 is 11.6 Å². The number of anilines is 1. The molecule has 1 aliphatic rings. The molecule has 0 radical (unpaired) electrons. The number of hydrogen-bond donors (Lipinski definition) is 2. The van der Waals surface area contributed by atoms with Crippen LogP contribution in [-0.4, -0.2) is 45.5 Å². The van der Waals surface area contributed by atoms with Crippen LogP contribution in [0.25, 0.3) is 0 Å². The van der Waals surface area contributed by atoms with Crippen molar-refractivity contribution in [3.05, 3.63) is 59.1 Å². The Hall–Kier alpha value is -2.29. The highest BCUT2D eigenvalue weighted by Gasteiger charge is 2.18. The summed E-state index contributed by atoms with van der Waals surface area (Å²) >= 11 is 5.94. The van der Waals surface area contributed by atoms with Crippen LogP contribution in [0.15, 0.2) is 58.4 Å². The maximum absolute atomic E-state index is 11.4. The number of aliphatic imine (C=N–C) groups is 1. The zero-order valence-corrected chi connectivity index (χ0v) is 16.3. The van der Waals surface area contributed by atoms with E-state index in [1.807, 2.05) is 29.2 Å². The molecule has 0 aliphatic carbocycles. The molecule has 3 rings (SSSR count). The molecule has 0 bridgehead atoms. The lowest BCUT2D eigenvalue weighted by atomic mass is 10.2. The average molecular weight is 408 g/mol. The molecule has 9 heteroatoms. The van der Waals surface area contributed by atoms with Crippen LogP contribution in [0.1, 0.15) is 5.56 Å². The number of guanidine groups is 1. The Morgan fingerprint density at radius 2 is 1.74 bits per heavy atom. The van der Waals surface area contributed by atoms with Gasteiger partial charge in [0, 0.05) is 36.9 Å².